The summed E-state index contributed by atoms with van der Waals surface area (Å²) in [5.41, 5.74) is 1.69. The zero-order valence-corrected chi connectivity index (χ0v) is 17.3. The van der Waals surface area contributed by atoms with Gasteiger partial charge in [-0.25, -0.2) is 9.97 Å². The molecule has 0 aliphatic rings. The van der Waals surface area contributed by atoms with Crippen molar-refractivity contribution < 1.29 is 9.69 Å². The van der Waals surface area contributed by atoms with Gasteiger partial charge in [-0.05, 0) is 30.3 Å². The van der Waals surface area contributed by atoms with E-state index in [9.17, 15) is 4.79 Å². The van der Waals surface area contributed by atoms with Gasteiger partial charge in [0.2, 0.25) is 0 Å². The number of nitrogens with one attached hydrogen (secondary N) is 1. The number of aromatic nitrogens is 2. The number of amides is 1. The normalized spacial score (nSPS) is 11.6. The van der Waals surface area contributed by atoms with Crippen molar-refractivity contribution >= 4 is 65.7 Å². The minimum Gasteiger partial charge on any atom is -0.338 e. The van der Waals surface area contributed by atoms with Gasteiger partial charge >= 0.3 is 0 Å². The highest BCUT2D eigenvalue weighted by atomic mass is 35.5. The first-order valence-electron chi connectivity index (χ1n) is 8.54. The average molecular weight is 418 g/mol. The fraction of sp³-hybridized carbons (Fsp3) is 0.211. The highest BCUT2D eigenvalue weighted by Crippen LogP contribution is 2.32. The standard InChI is InChI=1S/C19H17ClN4OS2/c1-23(2)9-10-24(19-22-14-8-7-12(20)11-16(14)27-19)18(25)17-21-13-5-3-4-6-15(13)26-17/h3-8,11H,9-10H2,1-2H3/p+1. The van der Waals surface area contributed by atoms with Crippen LogP contribution in [0.5, 0.6) is 0 Å². The van der Waals surface area contributed by atoms with Crippen LogP contribution in [0.15, 0.2) is 42.5 Å². The van der Waals surface area contributed by atoms with Gasteiger partial charge in [0.25, 0.3) is 5.91 Å². The highest BCUT2D eigenvalue weighted by Gasteiger charge is 2.25. The third-order valence-corrected chi connectivity index (χ3v) is 6.43. The molecule has 4 aromatic rings. The molecule has 0 spiro atoms. The first-order valence-corrected chi connectivity index (χ1v) is 10.5. The number of halogens is 1. The molecule has 4 rings (SSSR count). The van der Waals surface area contributed by atoms with Crippen LogP contribution in [0, 0.1) is 0 Å². The van der Waals surface area contributed by atoms with Gasteiger partial charge in [0.1, 0.15) is 0 Å². The van der Waals surface area contributed by atoms with E-state index in [0.717, 1.165) is 27.0 Å². The summed E-state index contributed by atoms with van der Waals surface area (Å²) in [6.45, 7) is 1.39. The van der Waals surface area contributed by atoms with E-state index in [1.807, 2.05) is 42.5 Å². The maximum atomic E-state index is 13.3. The van der Waals surface area contributed by atoms with Crippen LogP contribution in [0.25, 0.3) is 20.4 Å². The van der Waals surface area contributed by atoms with Crippen LogP contribution < -0.4 is 9.80 Å². The molecular weight excluding hydrogens is 400 g/mol. The van der Waals surface area contributed by atoms with Crippen molar-refractivity contribution in [3.63, 3.8) is 0 Å². The number of anilines is 1. The molecule has 1 N–H and O–H groups in total. The van der Waals surface area contributed by atoms with Gasteiger partial charge in [-0.3, -0.25) is 9.69 Å². The number of quaternary nitrogens is 1. The van der Waals surface area contributed by atoms with Gasteiger partial charge in [0.15, 0.2) is 10.1 Å². The zero-order valence-electron chi connectivity index (χ0n) is 14.9. The van der Waals surface area contributed by atoms with Crippen LogP contribution in [0.2, 0.25) is 5.02 Å². The Labute approximate surface area is 169 Å². The van der Waals surface area contributed by atoms with E-state index in [-0.39, 0.29) is 5.91 Å². The molecule has 0 bridgehead atoms. The molecule has 0 unspecified atom stereocenters. The summed E-state index contributed by atoms with van der Waals surface area (Å²) in [6.07, 6.45) is 0. The van der Waals surface area contributed by atoms with Crippen molar-refractivity contribution in [2.24, 2.45) is 0 Å². The second kappa shape index (κ2) is 7.52. The number of carbonyl (C=O) groups is 1. The highest BCUT2D eigenvalue weighted by molar-refractivity contribution is 7.23. The molecule has 0 saturated carbocycles. The molecule has 2 heterocycles. The van der Waals surface area contributed by atoms with Crippen LogP contribution in [0.4, 0.5) is 5.13 Å². The maximum Gasteiger partial charge on any atom is 0.289 e. The molecule has 0 saturated heterocycles. The molecule has 0 fully saturated rings. The Hall–Kier alpha value is -2.06. The van der Waals surface area contributed by atoms with Crippen LogP contribution >= 0.6 is 34.3 Å². The lowest BCUT2D eigenvalue weighted by molar-refractivity contribution is -0.856. The number of hydrogen-bond acceptors (Lipinski definition) is 5. The Balaban J connectivity index is 1.73. The van der Waals surface area contributed by atoms with Crippen LogP contribution in [0.1, 0.15) is 9.80 Å². The third-order valence-electron chi connectivity index (χ3n) is 4.13. The van der Waals surface area contributed by atoms with Gasteiger partial charge in [-0.15, -0.1) is 11.3 Å². The number of para-hydroxylation sites is 1. The average Bonchev–Trinajstić information content (AvgIpc) is 3.24. The summed E-state index contributed by atoms with van der Waals surface area (Å²) in [5.74, 6) is -0.109. The number of rotatable bonds is 5. The molecule has 2 aromatic heterocycles. The number of hydrogen-bond donors (Lipinski definition) is 1. The van der Waals surface area contributed by atoms with Gasteiger partial charge < -0.3 is 4.90 Å². The summed E-state index contributed by atoms with van der Waals surface area (Å²) in [5, 5.41) is 1.83. The van der Waals surface area contributed by atoms with E-state index >= 15 is 0 Å². The van der Waals surface area contributed by atoms with Crippen molar-refractivity contribution in [2.45, 2.75) is 0 Å². The zero-order chi connectivity index (χ0) is 19.0. The number of carbonyl (C=O) groups excluding carboxylic acids is 1. The van der Waals surface area contributed by atoms with Crippen LogP contribution in [0.3, 0.4) is 0 Å². The summed E-state index contributed by atoms with van der Waals surface area (Å²) in [6, 6.07) is 13.4. The predicted molar refractivity (Wildman–Crippen MR) is 114 cm³/mol. The lowest BCUT2D eigenvalue weighted by Crippen LogP contribution is -3.06. The Morgan fingerprint density at radius 2 is 1.85 bits per heavy atom. The van der Waals surface area contributed by atoms with Gasteiger partial charge in [0, 0.05) is 5.02 Å². The summed E-state index contributed by atoms with van der Waals surface area (Å²) < 4.78 is 1.98. The Kier molecular flexibility index (Phi) is 5.10. The van der Waals surface area contributed by atoms with Crippen molar-refractivity contribution in [2.75, 3.05) is 32.1 Å². The van der Waals surface area contributed by atoms with E-state index < -0.39 is 0 Å². The molecule has 1 amide bonds. The predicted octanol–water partition coefficient (Wildman–Crippen LogP) is 3.35. The molecule has 5 nitrogen and oxygen atoms in total. The smallest absolute Gasteiger partial charge is 0.289 e. The van der Waals surface area contributed by atoms with E-state index in [1.54, 1.807) is 4.90 Å². The monoisotopic (exact) mass is 417 g/mol. The molecule has 8 heteroatoms. The van der Waals surface area contributed by atoms with Crippen molar-refractivity contribution in [3.05, 3.63) is 52.5 Å². The maximum absolute atomic E-state index is 13.3. The quantitative estimate of drug-likeness (QED) is 0.541. The Morgan fingerprint density at radius 1 is 1.07 bits per heavy atom. The number of nitrogens with zero attached hydrogens (tertiary/aromatic N) is 3. The van der Waals surface area contributed by atoms with Crippen molar-refractivity contribution in [3.8, 4) is 0 Å². The first-order chi connectivity index (χ1) is 13.0. The molecule has 0 aliphatic heterocycles. The molecule has 0 aliphatic carbocycles. The fourth-order valence-corrected chi connectivity index (χ4v) is 4.88. The lowest BCUT2D eigenvalue weighted by atomic mass is 10.3. The van der Waals surface area contributed by atoms with Gasteiger partial charge in [0.05, 0.1) is 47.6 Å². The first kappa shape index (κ1) is 18.3. The summed E-state index contributed by atoms with van der Waals surface area (Å²) >= 11 is 9.00. The molecular formula is C19H18ClN4OS2+. The lowest BCUT2D eigenvalue weighted by Gasteiger charge is -2.19. The van der Waals surface area contributed by atoms with Crippen molar-refractivity contribution in [1.82, 2.24) is 9.97 Å². The van der Waals surface area contributed by atoms with Gasteiger partial charge in [-0.2, -0.15) is 0 Å². The Morgan fingerprint density at radius 3 is 2.63 bits per heavy atom. The fourth-order valence-electron chi connectivity index (χ4n) is 2.70. The second-order valence-electron chi connectivity index (χ2n) is 6.51. The summed E-state index contributed by atoms with van der Waals surface area (Å²) in [7, 11) is 4.14. The Bertz CT molecular complexity index is 1090. The van der Waals surface area contributed by atoms with E-state index in [4.69, 9.17) is 11.6 Å². The number of benzene rings is 2. The molecule has 0 atom stereocenters. The van der Waals surface area contributed by atoms with Crippen molar-refractivity contribution in [1.29, 1.82) is 0 Å². The van der Waals surface area contributed by atoms with Crippen LogP contribution in [-0.2, 0) is 0 Å². The largest absolute Gasteiger partial charge is 0.338 e. The summed E-state index contributed by atoms with van der Waals surface area (Å²) in [4.78, 5) is 25.5. The van der Waals surface area contributed by atoms with Crippen LogP contribution in [-0.4, -0.2) is 43.1 Å². The molecule has 27 heavy (non-hydrogen) atoms. The van der Waals surface area contributed by atoms with E-state index in [2.05, 4.69) is 24.1 Å². The SMILES string of the molecule is C[NH+](C)CCN(C(=O)c1nc2ccccc2s1)c1nc2ccc(Cl)cc2s1. The minimum absolute atomic E-state index is 0.109. The van der Waals surface area contributed by atoms with Gasteiger partial charge in [-0.1, -0.05) is 35.1 Å². The second-order valence-corrected chi connectivity index (χ2v) is 8.99. The third kappa shape index (κ3) is 3.82. The topological polar surface area (TPSA) is 50.5 Å². The molecule has 2 aromatic carbocycles. The number of fused-ring (bicyclic) bond motifs is 2. The number of thiazole rings is 2. The van der Waals surface area contributed by atoms with E-state index in [1.165, 1.54) is 27.6 Å². The number of likely N-dealkylation sites (N-methyl/N-ethyl adjacent to an activating group) is 1. The minimum atomic E-state index is -0.109. The van der Waals surface area contributed by atoms with E-state index in [0.29, 0.717) is 21.7 Å². The molecule has 0 radical (unpaired) electrons. The molecule has 138 valence electrons.